The number of pyridine rings is 1. The van der Waals surface area contributed by atoms with Gasteiger partial charge in [0.25, 0.3) is 0 Å². The molecule has 0 atom stereocenters. The molecule has 4 N–H and O–H groups in total. The molecule has 25 heavy (non-hydrogen) atoms. The van der Waals surface area contributed by atoms with Crippen LogP contribution in [0.3, 0.4) is 0 Å². The predicted octanol–water partition coefficient (Wildman–Crippen LogP) is 2.10. The first-order valence-electron chi connectivity index (χ1n) is 8.56. The molecule has 0 aromatic carbocycles. The van der Waals surface area contributed by atoms with Crippen molar-refractivity contribution in [2.24, 2.45) is 5.73 Å². The van der Waals surface area contributed by atoms with E-state index in [2.05, 4.69) is 44.0 Å². The maximum Gasteiger partial charge on any atom is 0.145 e. The molecule has 0 spiro atoms. The number of piperidine rings is 1. The Hall–Kier alpha value is -2.51. The lowest BCUT2D eigenvalue weighted by molar-refractivity contribution is 0.263. The summed E-state index contributed by atoms with van der Waals surface area (Å²) < 4.78 is 0. The van der Waals surface area contributed by atoms with Crippen LogP contribution in [0.15, 0.2) is 36.9 Å². The zero-order valence-corrected chi connectivity index (χ0v) is 14.7. The van der Waals surface area contributed by atoms with Gasteiger partial charge in [-0.25, -0.2) is 9.97 Å². The number of hydrogen-bond donors (Lipinski definition) is 3. The zero-order chi connectivity index (χ0) is 17.6. The van der Waals surface area contributed by atoms with E-state index in [-0.39, 0.29) is 0 Å². The normalized spacial score (nSPS) is 15.6. The number of hydrogen-bond acceptors (Lipinski definition) is 6. The number of aromatic nitrogens is 4. The van der Waals surface area contributed by atoms with E-state index >= 15 is 0 Å². The fraction of sp³-hybridized carbons (Fsp3) is 0.389. The first kappa shape index (κ1) is 17.3. The van der Waals surface area contributed by atoms with Crippen molar-refractivity contribution in [3.63, 3.8) is 0 Å². The van der Waals surface area contributed by atoms with Gasteiger partial charge in [0.2, 0.25) is 0 Å². The molecule has 3 aromatic heterocycles. The average molecular weight is 339 g/mol. The Kier molecular flexibility index (Phi) is 5.57. The Labute approximate surface area is 147 Å². The number of aromatic amines is 1. The van der Waals surface area contributed by atoms with Gasteiger partial charge in [-0.1, -0.05) is 0 Å². The molecule has 1 saturated heterocycles. The van der Waals surface area contributed by atoms with E-state index in [0.717, 1.165) is 54.0 Å². The molecule has 1 aliphatic heterocycles. The molecular weight excluding hydrogens is 314 g/mol. The summed E-state index contributed by atoms with van der Waals surface area (Å²) in [4.78, 5) is 18.9. The highest BCUT2D eigenvalue weighted by Gasteiger charge is 2.17. The molecule has 7 heteroatoms. The second-order valence-electron chi connectivity index (χ2n) is 6.15. The van der Waals surface area contributed by atoms with Crippen molar-refractivity contribution in [3.8, 4) is 11.3 Å². The van der Waals surface area contributed by atoms with E-state index < -0.39 is 0 Å². The van der Waals surface area contributed by atoms with Gasteiger partial charge in [0.1, 0.15) is 11.5 Å². The summed E-state index contributed by atoms with van der Waals surface area (Å²) in [5, 5.41) is 4.60. The third kappa shape index (κ3) is 4.12. The van der Waals surface area contributed by atoms with Crippen molar-refractivity contribution < 1.29 is 0 Å². The molecule has 0 amide bonds. The van der Waals surface area contributed by atoms with Crippen molar-refractivity contribution in [1.82, 2.24) is 24.8 Å². The van der Waals surface area contributed by atoms with Gasteiger partial charge >= 0.3 is 0 Å². The second kappa shape index (κ2) is 8.04. The maximum absolute atomic E-state index is 4.71. The quantitative estimate of drug-likeness (QED) is 0.676. The molecule has 0 saturated carbocycles. The first-order valence-corrected chi connectivity index (χ1v) is 8.56. The van der Waals surface area contributed by atoms with Gasteiger partial charge in [0.15, 0.2) is 0 Å². The molecule has 1 aliphatic rings. The van der Waals surface area contributed by atoms with Gasteiger partial charge in [-0.15, -0.1) is 0 Å². The summed E-state index contributed by atoms with van der Waals surface area (Å²) in [6.45, 7) is 2.25. The minimum Gasteiger partial charge on any atom is -0.366 e. The van der Waals surface area contributed by atoms with E-state index in [9.17, 15) is 0 Å². The lowest BCUT2D eigenvalue weighted by Crippen LogP contribution is -2.36. The average Bonchev–Trinajstić information content (AvgIpc) is 3.13. The summed E-state index contributed by atoms with van der Waals surface area (Å²) in [6.07, 6.45) is 9.59. The summed E-state index contributed by atoms with van der Waals surface area (Å²) in [5.74, 6) is 0.839. The van der Waals surface area contributed by atoms with Crippen LogP contribution >= 0.6 is 0 Å². The highest BCUT2D eigenvalue weighted by atomic mass is 15.1. The van der Waals surface area contributed by atoms with Crippen LogP contribution in [-0.4, -0.2) is 58.1 Å². The van der Waals surface area contributed by atoms with Crippen LogP contribution in [0.25, 0.3) is 22.3 Å². The number of anilines is 1. The van der Waals surface area contributed by atoms with Gasteiger partial charge in [-0.3, -0.25) is 4.98 Å². The lowest BCUT2D eigenvalue weighted by atomic mass is 10.1. The summed E-state index contributed by atoms with van der Waals surface area (Å²) in [5.41, 5.74) is 7.22. The molecular formula is C18H25N7. The lowest BCUT2D eigenvalue weighted by Gasteiger charge is -2.29. The third-order valence-electron chi connectivity index (χ3n) is 4.40. The van der Waals surface area contributed by atoms with Gasteiger partial charge < -0.3 is 20.9 Å². The zero-order valence-electron chi connectivity index (χ0n) is 14.7. The van der Waals surface area contributed by atoms with Crippen molar-refractivity contribution in [2.45, 2.75) is 18.9 Å². The Bertz CT molecular complexity index is 806. The largest absolute Gasteiger partial charge is 0.366 e. The molecule has 132 valence electrons. The molecule has 3 aromatic rings. The highest BCUT2D eigenvalue weighted by Crippen LogP contribution is 2.22. The summed E-state index contributed by atoms with van der Waals surface area (Å²) in [6, 6.07) is 4.57. The van der Waals surface area contributed by atoms with Crippen molar-refractivity contribution in [1.29, 1.82) is 0 Å². The Balaban J connectivity index is 0.000000880. The Morgan fingerprint density at radius 2 is 2.00 bits per heavy atom. The monoisotopic (exact) mass is 339 g/mol. The highest BCUT2D eigenvalue weighted by molar-refractivity contribution is 5.80. The van der Waals surface area contributed by atoms with Crippen LogP contribution in [0.1, 0.15) is 12.8 Å². The Morgan fingerprint density at radius 3 is 2.80 bits per heavy atom. The minimum atomic E-state index is 0.473. The molecule has 0 aliphatic carbocycles. The Morgan fingerprint density at radius 1 is 1.20 bits per heavy atom. The van der Waals surface area contributed by atoms with Gasteiger partial charge in [0.05, 0.1) is 18.1 Å². The van der Waals surface area contributed by atoms with Gasteiger partial charge in [-0.05, 0) is 52.2 Å². The molecule has 4 heterocycles. The SMILES string of the molecule is CN.CN1CCC(Nc2cncc(-c3cnc4[nH]ccc4c3)n2)CC1. The third-order valence-corrected chi connectivity index (χ3v) is 4.40. The maximum atomic E-state index is 4.71. The second-order valence-corrected chi connectivity index (χ2v) is 6.15. The molecule has 7 nitrogen and oxygen atoms in total. The van der Waals surface area contributed by atoms with E-state index in [1.165, 1.54) is 7.05 Å². The fourth-order valence-electron chi connectivity index (χ4n) is 3.02. The van der Waals surface area contributed by atoms with Crippen LogP contribution in [-0.2, 0) is 0 Å². The van der Waals surface area contributed by atoms with Crippen molar-refractivity contribution in [3.05, 3.63) is 36.9 Å². The summed E-state index contributed by atoms with van der Waals surface area (Å²) >= 11 is 0. The molecule has 0 unspecified atom stereocenters. The first-order chi connectivity index (χ1) is 12.3. The summed E-state index contributed by atoms with van der Waals surface area (Å²) in [7, 11) is 3.67. The van der Waals surface area contributed by atoms with Gasteiger partial charge in [0, 0.05) is 29.4 Å². The number of likely N-dealkylation sites (tertiary alicyclic amines) is 1. The van der Waals surface area contributed by atoms with E-state index in [1.54, 1.807) is 12.4 Å². The van der Waals surface area contributed by atoms with Crippen LogP contribution in [0.4, 0.5) is 5.82 Å². The number of fused-ring (bicyclic) bond motifs is 1. The van der Waals surface area contributed by atoms with E-state index in [1.807, 2.05) is 18.5 Å². The number of H-pyrrole nitrogens is 1. The van der Waals surface area contributed by atoms with Crippen LogP contribution in [0.5, 0.6) is 0 Å². The smallest absolute Gasteiger partial charge is 0.145 e. The van der Waals surface area contributed by atoms with E-state index in [0.29, 0.717) is 6.04 Å². The van der Waals surface area contributed by atoms with Crippen LogP contribution in [0, 0.1) is 0 Å². The minimum absolute atomic E-state index is 0.473. The molecule has 0 bridgehead atoms. The van der Waals surface area contributed by atoms with Crippen LogP contribution in [0.2, 0.25) is 0 Å². The number of nitrogens with zero attached hydrogens (tertiary/aromatic N) is 4. The van der Waals surface area contributed by atoms with Crippen molar-refractivity contribution in [2.75, 3.05) is 32.5 Å². The molecule has 1 fully saturated rings. The topological polar surface area (TPSA) is 95.7 Å². The van der Waals surface area contributed by atoms with Gasteiger partial charge in [-0.2, -0.15) is 0 Å². The fourth-order valence-corrected chi connectivity index (χ4v) is 3.02. The number of rotatable bonds is 3. The standard InChI is InChI=1S/C17H20N6.CH5N/c1-23-6-3-14(4-7-23)21-16-11-18-10-15(22-16)13-8-12-2-5-19-17(12)20-9-13;1-2/h2,5,8-11,14H,3-4,6-7H2,1H3,(H,19,20)(H,21,22);2H2,1H3. The van der Waals surface area contributed by atoms with Crippen LogP contribution < -0.4 is 11.1 Å². The molecule has 0 radical (unpaired) electrons. The van der Waals surface area contributed by atoms with Crippen molar-refractivity contribution >= 4 is 16.9 Å². The van der Waals surface area contributed by atoms with E-state index in [4.69, 9.17) is 4.98 Å². The molecule has 4 rings (SSSR count). The predicted molar refractivity (Wildman–Crippen MR) is 101 cm³/mol. The number of nitrogens with one attached hydrogen (secondary N) is 2. The number of nitrogens with two attached hydrogens (primary N) is 1.